The van der Waals surface area contributed by atoms with Crippen molar-refractivity contribution in [2.24, 2.45) is 10.6 Å². The van der Waals surface area contributed by atoms with Crippen LogP contribution >= 0.6 is 0 Å². The second kappa shape index (κ2) is 9.73. The number of halogens is 1. The van der Waals surface area contributed by atoms with E-state index >= 15 is 0 Å². The number of hydrogen-bond acceptors (Lipinski definition) is 7. The molecule has 7 rings (SSSR count). The van der Waals surface area contributed by atoms with Crippen LogP contribution in [0.5, 0.6) is 5.75 Å². The molecule has 2 aromatic carbocycles. The number of hydrogen-bond donors (Lipinski definition) is 1. The number of ether oxygens (including phenoxy) is 2. The number of piperidine rings is 1. The summed E-state index contributed by atoms with van der Waals surface area (Å²) >= 11 is 0. The first kappa shape index (κ1) is 25.8. The van der Waals surface area contributed by atoms with Crippen molar-refractivity contribution in [2.75, 3.05) is 39.4 Å². The van der Waals surface area contributed by atoms with Gasteiger partial charge in [0.2, 0.25) is 0 Å². The summed E-state index contributed by atoms with van der Waals surface area (Å²) in [6.07, 6.45) is 4.39. The SMILES string of the molecule is CC1(C(=O)O)CCN(C2=NOC3(C2)CN(Cc2cc(C4CC4)c(-c4ccc(F)cc4)cc2OC2COC2)C3)CC1. The number of benzene rings is 2. The van der Waals surface area contributed by atoms with E-state index in [1.54, 1.807) is 0 Å². The van der Waals surface area contributed by atoms with E-state index in [2.05, 4.69) is 27.1 Å². The summed E-state index contributed by atoms with van der Waals surface area (Å²) < 4.78 is 25.4. The second-order valence-electron chi connectivity index (χ2n) is 12.6. The summed E-state index contributed by atoms with van der Waals surface area (Å²) in [6, 6.07) is 11.2. The molecule has 4 fully saturated rings. The van der Waals surface area contributed by atoms with E-state index < -0.39 is 11.4 Å². The zero-order valence-electron chi connectivity index (χ0n) is 22.9. The van der Waals surface area contributed by atoms with E-state index in [0.717, 1.165) is 54.3 Å². The third-order valence-electron chi connectivity index (χ3n) is 9.30. The van der Waals surface area contributed by atoms with Crippen molar-refractivity contribution in [1.82, 2.24) is 9.80 Å². The summed E-state index contributed by atoms with van der Waals surface area (Å²) in [5.41, 5.74) is 3.65. The molecule has 1 spiro atoms. The fourth-order valence-corrected chi connectivity index (χ4v) is 6.39. The fraction of sp³-hybridized carbons (Fsp3) is 0.548. The topological polar surface area (TPSA) is 83.8 Å². The van der Waals surface area contributed by atoms with Crippen LogP contribution in [0.1, 0.15) is 56.1 Å². The number of carboxylic acid groups (broad SMARTS) is 1. The normalized spacial score (nSPS) is 23.8. The summed E-state index contributed by atoms with van der Waals surface area (Å²) in [4.78, 5) is 22.2. The van der Waals surface area contributed by atoms with Crippen molar-refractivity contribution in [1.29, 1.82) is 0 Å². The Balaban J connectivity index is 1.05. The molecule has 212 valence electrons. The molecule has 8 nitrogen and oxygen atoms in total. The molecule has 0 bridgehead atoms. The van der Waals surface area contributed by atoms with Crippen LogP contribution < -0.4 is 4.74 Å². The maximum atomic E-state index is 13.7. The van der Waals surface area contributed by atoms with Crippen molar-refractivity contribution in [3.63, 3.8) is 0 Å². The molecule has 1 saturated carbocycles. The number of likely N-dealkylation sites (tertiary alicyclic amines) is 2. The minimum absolute atomic E-state index is 0.0518. The highest BCUT2D eigenvalue weighted by Crippen LogP contribution is 2.47. The number of carboxylic acids is 1. The first-order chi connectivity index (χ1) is 19.3. The highest BCUT2D eigenvalue weighted by atomic mass is 19.1. The first-order valence-electron chi connectivity index (χ1n) is 14.4. The summed E-state index contributed by atoms with van der Waals surface area (Å²) in [5, 5.41) is 14.0. The predicted octanol–water partition coefficient (Wildman–Crippen LogP) is 4.62. The molecular weight excluding hydrogens is 513 g/mol. The number of oxime groups is 1. The molecule has 0 atom stereocenters. The number of amidine groups is 1. The fourth-order valence-electron chi connectivity index (χ4n) is 6.39. The van der Waals surface area contributed by atoms with Crippen molar-refractivity contribution >= 4 is 11.8 Å². The lowest BCUT2D eigenvalue weighted by Gasteiger charge is -2.46. The molecule has 2 aromatic rings. The largest absolute Gasteiger partial charge is 0.485 e. The zero-order valence-corrected chi connectivity index (χ0v) is 22.9. The van der Waals surface area contributed by atoms with Crippen LogP contribution in [0, 0.1) is 11.2 Å². The lowest BCUT2D eigenvalue weighted by molar-refractivity contribution is -0.150. The first-order valence-corrected chi connectivity index (χ1v) is 14.4. The molecule has 4 heterocycles. The highest BCUT2D eigenvalue weighted by Gasteiger charge is 2.51. The summed E-state index contributed by atoms with van der Waals surface area (Å²) in [6.45, 7) is 6.74. The lowest BCUT2D eigenvalue weighted by atomic mass is 9.80. The Morgan fingerprint density at radius 3 is 2.50 bits per heavy atom. The number of aliphatic carboxylic acids is 1. The standard InChI is InChI=1S/C31H36FN3O5/c1-30(29(36)37)8-10-35(11-9-30)28-14-31(40-33-28)18-34(19-31)15-22-12-25(20-2-3-20)26(21-4-6-23(32)7-5-21)13-27(22)39-24-16-38-17-24/h4-7,12-13,20,24H,2-3,8-11,14-19H2,1H3,(H,36,37). The van der Waals surface area contributed by atoms with E-state index in [9.17, 15) is 14.3 Å². The van der Waals surface area contributed by atoms with Crippen LogP contribution in [0.2, 0.25) is 0 Å². The van der Waals surface area contributed by atoms with Crippen molar-refractivity contribution in [3.05, 3.63) is 53.3 Å². The van der Waals surface area contributed by atoms with Crippen molar-refractivity contribution in [2.45, 2.75) is 63.2 Å². The molecule has 0 unspecified atom stereocenters. The van der Waals surface area contributed by atoms with Gasteiger partial charge >= 0.3 is 5.97 Å². The van der Waals surface area contributed by atoms with E-state index in [0.29, 0.717) is 45.1 Å². The second-order valence-corrected chi connectivity index (χ2v) is 12.6. The van der Waals surface area contributed by atoms with Crippen molar-refractivity contribution < 1.29 is 28.6 Å². The Kier molecular flexibility index (Phi) is 6.27. The van der Waals surface area contributed by atoms with Gasteiger partial charge in [0.1, 0.15) is 23.5 Å². The Hall–Kier alpha value is -3.17. The van der Waals surface area contributed by atoms with Crippen LogP contribution in [-0.2, 0) is 20.9 Å². The summed E-state index contributed by atoms with van der Waals surface area (Å²) in [7, 11) is 0. The van der Waals surface area contributed by atoms with Crippen LogP contribution in [0.4, 0.5) is 4.39 Å². The van der Waals surface area contributed by atoms with Gasteiger partial charge in [-0.05, 0) is 79.5 Å². The molecule has 4 aliphatic heterocycles. The molecule has 1 N–H and O–H groups in total. The Labute approximate surface area is 233 Å². The van der Waals surface area contributed by atoms with Gasteiger partial charge in [-0.3, -0.25) is 9.69 Å². The van der Waals surface area contributed by atoms with Gasteiger partial charge in [-0.1, -0.05) is 17.3 Å². The van der Waals surface area contributed by atoms with Gasteiger partial charge in [0.25, 0.3) is 0 Å². The maximum Gasteiger partial charge on any atom is 0.309 e. The zero-order chi connectivity index (χ0) is 27.5. The quantitative estimate of drug-likeness (QED) is 0.540. The van der Waals surface area contributed by atoms with E-state index in [1.165, 1.54) is 30.5 Å². The van der Waals surface area contributed by atoms with Crippen LogP contribution in [-0.4, -0.2) is 77.8 Å². The molecule has 0 amide bonds. The average molecular weight is 550 g/mol. The molecule has 5 aliphatic rings. The average Bonchev–Trinajstić information content (AvgIpc) is 3.65. The lowest BCUT2D eigenvalue weighted by Crippen LogP contribution is -2.61. The molecule has 0 radical (unpaired) electrons. The predicted molar refractivity (Wildman–Crippen MR) is 147 cm³/mol. The van der Waals surface area contributed by atoms with Gasteiger partial charge in [0.15, 0.2) is 5.60 Å². The smallest absolute Gasteiger partial charge is 0.309 e. The molecule has 0 aromatic heterocycles. The van der Waals surface area contributed by atoms with Crippen molar-refractivity contribution in [3.8, 4) is 16.9 Å². The molecular formula is C31H36FN3O5. The minimum atomic E-state index is -0.716. The molecule has 40 heavy (non-hydrogen) atoms. The molecule has 1 aliphatic carbocycles. The Morgan fingerprint density at radius 1 is 1.15 bits per heavy atom. The third-order valence-corrected chi connectivity index (χ3v) is 9.30. The van der Waals surface area contributed by atoms with Gasteiger partial charge in [-0.15, -0.1) is 0 Å². The number of nitrogens with zero attached hydrogens (tertiary/aromatic N) is 3. The number of carbonyl (C=O) groups is 1. The third kappa shape index (κ3) is 4.83. The van der Waals surface area contributed by atoms with E-state index in [4.69, 9.17) is 14.3 Å². The molecule has 3 saturated heterocycles. The van der Waals surface area contributed by atoms with Crippen LogP contribution in [0.15, 0.2) is 41.6 Å². The monoisotopic (exact) mass is 549 g/mol. The van der Waals surface area contributed by atoms with Gasteiger partial charge in [0.05, 0.1) is 25.0 Å². The van der Waals surface area contributed by atoms with E-state index in [-0.39, 0.29) is 17.5 Å². The number of rotatable bonds is 7. The van der Waals surface area contributed by atoms with Gasteiger partial charge in [0, 0.05) is 38.3 Å². The molecule has 9 heteroatoms. The van der Waals surface area contributed by atoms with Gasteiger partial charge in [-0.2, -0.15) is 0 Å². The van der Waals surface area contributed by atoms with Gasteiger partial charge < -0.3 is 24.3 Å². The van der Waals surface area contributed by atoms with Crippen LogP contribution in [0.3, 0.4) is 0 Å². The Morgan fingerprint density at radius 2 is 1.88 bits per heavy atom. The van der Waals surface area contributed by atoms with Crippen LogP contribution in [0.25, 0.3) is 11.1 Å². The minimum Gasteiger partial charge on any atom is -0.485 e. The summed E-state index contributed by atoms with van der Waals surface area (Å²) in [5.74, 6) is 1.40. The van der Waals surface area contributed by atoms with E-state index in [1.807, 2.05) is 19.1 Å². The maximum absolute atomic E-state index is 13.7. The van der Waals surface area contributed by atoms with Gasteiger partial charge in [-0.25, -0.2) is 4.39 Å². The highest BCUT2D eigenvalue weighted by molar-refractivity contribution is 5.85. The Bertz CT molecular complexity index is 1320.